The zero-order valence-corrected chi connectivity index (χ0v) is 14.4. The van der Waals surface area contributed by atoms with Crippen molar-refractivity contribution in [1.82, 2.24) is 20.5 Å². The number of hydrogen-bond donors (Lipinski definition) is 1. The molecule has 2 aromatic heterocycles. The minimum Gasteiger partial charge on any atom is -0.425 e. The Kier molecular flexibility index (Phi) is 3.53. The highest BCUT2D eigenvalue weighted by molar-refractivity contribution is 7.18. The molecule has 1 saturated heterocycles. The molecule has 9 heteroatoms. The Hall–Kier alpha value is -2.41. The molecule has 0 amide bonds. The summed E-state index contributed by atoms with van der Waals surface area (Å²) in [4.78, 5) is 4.46. The molecular weight excluding hydrogens is 357 g/mol. The molecule has 3 aromatic rings. The van der Waals surface area contributed by atoms with Crippen LogP contribution in [0.5, 0.6) is 0 Å². The molecule has 1 N–H and O–H groups in total. The number of hydrogen-bond acceptors (Lipinski definition) is 8. The highest BCUT2D eigenvalue weighted by atomic mass is 32.1. The molecule has 132 valence electrons. The van der Waals surface area contributed by atoms with Gasteiger partial charge in [-0.05, 0) is 31.0 Å². The number of benzene rings is 1. The van der Waals surface area contributed by atoms with Gasteiger partial charge in [0.05, 0.1) is 29.1 Å². The van der Waals surface area contributed by atoms with Crippen molar-refractivity contribution in [3.8, 4) is 6.07 Å². The average Bonchev–Trinajstić information content (AvgIpc) is 3.46. The predicted molar refractivity (Wildman–Crippen MR) is 89.8 cm³/mol. The van der Waals surface area contributed by atoms with E-state index in [4.69, 9.17) is 14.4 Å². The quantitative estimate of drug-likeness (QED) is 0.664. The number of nitrogens with one attached hydrogen (secondary N) is 1. The molecule has 1 saturated carbocycles. The van der Waals surface area contributed by atoms with E-state index in [9.17, 15) is 4.39 Å². The Bertz CT molecular complexity index is 1020. The number of rotatable bonds is 6. The monoisotopic (exact) mass is 371 g/mol. The summed E-state index contributed by atoms with van der Waals surface area (Å²) in [6.07, 6.45) is 2.50. The molecule has 7 nitrogen and oxygen atoms in total. The van der Waals surface area contributed by atoms with E-state index in [0.717, 1.165) is 28.1 Å². The van der Waals surface area contributed by atoms with Crippen molar-refractivity contribution in [1.29, 1.82) is 5.26 Å². The van der Waals surface area contributed by atoms with Gasteiger partial charge in [-0.2, -0.15) is 5.26 Å². The van der Waals surface area contributed by atoms with Gasteiger partial charge < -0.3 is 9.15 Å². The minimum atomic E-state index is -0.397. The molecule has 0 bridgehead atoms. The number of thiazole rings is 1. The molecule has 5 rings (SSSR count). The number of halogens is 1. The summed E-state index contributed by atoms with van der Waals surface area (Å²) in [5.41, 5.74) is 0.365. The van der Waals surface area contributed by atoms with Crippen LogP contribution in [-0.2, 0) is 17.6 Å². The van der Waals surface area contributed by atoms with Crippen molar-refractivity contribution >= 4 is 21.6 Å². The van der Waals surface area contributed by atoms with Gasteiger partial charge in [0.15, 0.2) is 0 Å². The van der Waals surface area contributed by atoms with E-state index in [-0.39, 0.29) is 18.1 Å². The van der Waals surface area contributed by atoms with Crippen molar-refractivity contribution in [3.63, 3.8) is 0 Å². The van der Waals surface area contributed by atoms with Crippen LogP contribution < -0.4 is 5.32 Å². The zero-order valence-electron chi connectivity index (χ0n) is 13.6. The number of ether oxygens (including phenoxy) is 1. The van der Waals surface area contributed by atoms with Crippen molar-refractivity contribution in [2.75, 3.05) is 0 Å². The Morgan fingerprint density at radius 3 is 3.00 bits per heavy atom. The van der Waals surface area contributed by atoms with Gasteiger partial charge in [0, 0.05) is 0 Å². The molecule has 2 fully saturated rings. The lowest BCUT2D eigenvalue weighted by Gasteiger charge is -2.03. The van der Waals surface area contributed by atoms with Crippen LogP contribution in [0.1, 0.15) is 29.6 Å². The molecule has 0 radical (unpaired) electrons. The molecule has 26 heavy (non-hydrogen) atoms. The lowest BCUT2D eigenvalue weighted by atomic mass is 10.2. The highest BCUT2D eigenvalue weighted by Crippen LogP contribution is 2.38. The van der Waals surface area contributed by atoms with E-state index in [1.54, 1.807) is 6.07 Å². The molecule has 1 aliphatic carbocycles. The fraction of sp³-hybridized carbons (Fsp3) is 0.412. The molecule has 1 aromatic carbocycles. The van der Waals surface area contributed by atoms with Gasteiger partial charge in [-0.1, -0.05) is 0 Å². The van der Waals surface area contributed by atoms with Crippen LogP contribution in [0.3, 0.4) is 0 Å². The SMILES string of the molecule is N#CC1(NC2OC2Cc2nnc(Cc3nc4ccc(F)cc4s3)o2)CC1. The Morgan fingerprint density at radius 2 is 2.19 bits per heavy atom. The van der Waals surface area contributed by atoms with E-state index in [2.05, 4.69) is 26.6 Å². The second-order valence-electron chi connectivity index (χ2n) is 6.62. The first kappa shape index (κ1) is 15.8. The fourth-order valence-corrected chi connectivity index (χ4v) is 3.86. The summed E-state index contributed by atoms with van der Waals surface area (Å²) in [7, 11) is 0. The van der Waals surface area contributed by atoms with Gasteiger partial charge in [0.2, 0.25) is 11.8 Å². The predicted octanol–water partition coefficient (Wildman–Crippen LogP) is 2.32. The van der Waals surface area contributed by atoms with E-state index in [0.29, 0.717) is 24.6 Å². The Labute approximate surface area is 151 Å². The van der Waals surface area contributed by atoms with Crippen molar-refractivity contribution < 1.29 is 13.5 Å². The molecule has 0 spiro atoms. The van der Waals surface area contributed by atoms with Crippen LogP contribution in [0.4, 0.5) is 4.39 Å². The third-order valence-electron chi connectivity index (χ3n) is 4.55. The van der Waals surface area contributed by atoms with Gasteiger partial charge in [-0.3, -0.25) is 5.32 Å². The van der Waals surface area contributed by atoms with Gasteiger partial charge in [0.25, 0.3) is 0 Å². The molecule has 3 heterocycles. The van der Waals surface area contributed by atoms with Gasteiger partial charge in [-0.15, -0.1) is 21.5 Å². The molecule has 1 aliphatic heterocycles. The molecular formula is C17H14FN5O2S. The maximum absolute atomic E-state index is 13.3. The van der Waals surface area contributed by atoms with Gasteiger partial charge in [-0.25, -0.2) is 9.37 Å². The summed E-state index contributed by atoms with van der Waals surface area (Å²) in [6, 6.07) is 6.82. The first-order valence-corrected chi connectivity index (χ1v) is 9.15. The van der Waals surface area contributed by atoms with Crippen LogP contribution in [-0.4, -0.2) is 33.1 Å². The topological polar surface area (TPSA) is 100 Å². The molecule has 2 aliphatic rings. The average molecular weight is 371 g/mol. The summed E-state index contributed by atoms with van der Waals surface area (Å²) in [6.45, 7) is 0. The number of fused-ring (bicyclic) bond motifs is 1. The van der Waals surface area contributed by atoms with E-state index in [1.807, 2.05) is 0 Å². The minimum absolute atomic E-state index is 0.0421. The number of nitrogens with zero attached hydrogens (tertiary/aromatic N) is 4. The van der Waals surface area contributed by atoms with Crippen LogP contribution >= 0.6 is 11.3 Å². The highest BCUT2D eigenvalue weighted by Gasteiger charge is 2.51. The first-order chi connectivity index (χ1) is 12.6. The summed E-state index contributed by atoms with van der Waals surface area (Å²) in [5, 5.41) is 21.2. The van der Waals surface area contributed by atoms with Crippen LogP contribution in [0.25, 0.3) is 10.2 Å². The third kappa shape index (κ3) is 3.07. The second kappa shape index (κ2) is 5.81. The lowest BCUT2D eigenvalue weighted by Crippen LogP contribution is -2.33. The summed E-state index contributed by atoms with van der Waals surface area (Å²) in [5.74, 6) is 0.702. The standard InChI is InChI=1S/C17H14FN5O2S/c18-9-1-2-10-12(5-9)26-15(20-10)7-14-23-22-13(25-14)6-11-16(24-11)21-17(8-19)3-4-17/h1-2,5,11,16,21H,3-4,6-7H2. The van der Waals surface area contributed by atoms with Gasteiger partial charge in [0.1, 0.15) is 28.7 Å². The van der Waals surface area contributed by atoms with Crippen LogP contribution in [0, 0.1) is 17.1 Å². The van der Waals surface area contributed by atoms with Crippen LogP contribution in [0.2, 0.25) is 0 Å². The number of nitriles is 1. The fourth-order valence-electron chi connectivity index (χ4n) is 2.88. The maximum atomic E-state index is 13.3. The van der Waals surface area contributed by atoms with Crippen molar-refractivity contribution in [2.45, 2.75) is 43.6 Å². The molecule has 2 unspecified atom stereocenters. The van der Waals surface area contributed by atoms with E-state index in [1.165, 1.54) is 23.5 Å². The van der Waals surface area contributed by atoms with E-state index >= 15 is 0 Å². The smallest absolute Gasteiger partial charge is 0.223 e. The van der Waals surface area contributed by atoms with Crippen molar-refractivity contribution in [2.24, 2.45) is 0 Å². The molecule has 2 atom stereocenters. The summed E-state index contributed by atoms with van der Waals surface area (Å²) < 4.78 is 25.3. The van der Waals surface area contributed by atoms with Crippen LogP contribution in [0.15, 0.2) is 22.6 Å². The number of aromatic nitrogens is 3. The number of epoxide rings is 1. The Balaban J connectivity index is 1.21. The lowest BCUT2D eigenvalue weighted by molar-refractivity contribution is 0.326. The van der Waals surface area contributed by atoms with Crippen molar-refractivity contribution in [3.05, 3.63) is 40.8 Å². The largest absolute Gasteiger partial charge is 0.425 e. The Morgan fingerprint density at radius 1 is 1.35 bits per heavy atom. The van der Waals surface area contributed by atoms with E-state index < -0.39 is 5.54 Å². The second-order valence-corrected chi connectivity index (χ2v) is 7.74. The zero-order chi connectivity index (χ0) is 17.7. The third-order valence-corrected chi connectivity index (χ3v) is 5.56. The maximum Gasteiger partial charge on any atom is 0.223 e. The first-order valence-electron chi connectivity index (χ1n) is 8.33. The normalized spacial score (nSPS) is 23.1. The summed E-state index contributed by atoms with van der Waals surface area (Å²) >= 11 is 1.41. The van der Waals surface area contributed by atoms with Gasteiger partial charge >= 0.3 is 0 Å².